The van der Waals surface area contributed by atoms with Gasteiger partial charge in [0.15, 0.2) is 0 Å². The Morgan fingerprint density at radius 2 is 2.05 bits per heavy atom. The third-order valence-corrected chi connectivity index (χ3v) is 6.13. The highest BCUT2D eigenvalue weighted by atomic mass is 32.1. The topological polar surface area (TPSA) is 49.0 Å². The van der Waals surface area contributed by atoms with Crippen LogP contribution in [0.4, 0.5) is 0 Å². The van der Waals surface area contributed by atoms with Crippen LogP contribution in [-0.2, 0) is 19.4 Å². The summed E-state index contributed by atoms with van der Waals surface area (Å²) in [5.41, 5.74) is 1.33. The first kappa shape index (κ1) is 14.4. The minimum absolute atomic E-state index is 0.0671. The number of nitrogens with one attached hydrogen (secondary N) is 1. The molecule has 2 atom stereocenters. The van der Waals surface area contributed by atoms with E-state index in [-0.39, 0.29) is 5.56 Å². The Hall–Kier alpha value is -1.20. The molecule has 2 aromatic heterocycles. The summed E-state index contributed by atoms with van der Waals surface area (Å²) in [6.07, 6.45) is 4.64. The van der Waals surface area contributed by atoms with Crippen molar-refractivity contribution in [2.24, 2.45) is 11.8 Å². The number of rotatable bonds is 2. The molecule has 1 saturated heterocycles. The van der Waals surface area contributed by atoms with Crippen LogP contribution in [0.15, 0.2) is 4.79 Å². The van der Waals surface area contributed by atoms with Gasteiger partial charge in [-0.1, -0.05) is 13.8 Å². The number of aryl methyl sites for hydroxylation is 2. The highest BCUT2D eigenvalue weighted by molar-refractivity contribution is 7.18. The monoisotopic (exact) mass is 317 g/mol. The minimum Gasteiger partial charge on any atom is -0.309 e. The molecule has 1 N–H and O–H groups in total. The van der Waals surface area contributed by atoms with E-state index in [1.807, 2.05) is 0 Å². The summed E-state index contributed by atoms with van der Waals surface area (Å²) < 4.78 is 0. The van der Waals surface area contributed by atoms with Gasteiger partial charge >= 0.3 is 0 Å². The zero-order valence-corrected chi connectivity index (χ0v) is 14.1. The van der Waals surface area contributed by atoms with Crippen LogP contribution < -0.4 is 5.56 Å². The van der Waals surface area contributed by atoms with Crippen molar-refractivity contribution in [2.45, 2.75) is 46.1 Å². The molecule has 1 aliphatic heterocycles. The maximum Gasteiger partial charge on any atom is 0.259 e. The van der Waals surface area contributed by atoms with Gasteiger partial charge in [-0.25, -0.2) is 4.98 Å². The van der Waals surface area contributed by atoms with Gasteiger partial charge in [0.25, 0.3) is 5.56 Å². The van der Waals surface area contributed by atoms with Crippen molar-refractivity contribution in [1.82, 2.24) is 14.9 Å². The van der Waals surface area contributed by atoms with E-state index in [0.717, 1.165) is 60.4 Å². The minimum atomic E-state index is 0.0671. The third-order valence-electron chi connectivity index (χ3n) is 4.94. The van der Waals surface area contributed by atoms with Gasteiger partial charge in [0.1, 0.15) is 10.7 Å². The first-order valence-corrected chi connectivity index (χ1v) is 9.17. The van der Waals surface area contributed by atoms with E-state index in [1.54, 1.807) is 11.3 Å². The summed E-state index contributed by atoms with van der Waals surface area (Å²) in [7, 11) is 0. The lowest BCUT2D eigenvalue weighted by Gasteiger charge is -2.34. The van der Waals surface area contributed by atoms with E-state index < -0.39 is 0 Å². The van der Waals surface area contributed by atoms with Crippen LogP contribution in [0.25, 0.3) is 10.2 Å². The van der Waals surface area contributed by atoms with Gasteiger partial charge in [0.2, 0.25) is 0 Å². The van der Waals surface area contributed by atoms with Crippen molar-refractivity contribution in [3.8, 4) is 0 Å². The number of aromatic amines is 1. The fourth-order valence-electron chi connectivity index (χ4n) is 4.25. The molecule has 3 heterocycles. The largest absolute Gasteiger partial charge is 0.309 e. The molecule has 4 nitrogen and oxygen atoms in total. The highest BCUT2D eigenvalue weighted by Gasteiger charge is 2.24. The fourth-order valence-corrected chi connectivity index (χ4v) is 5.54. The van der Waals surface area contributed by atoms with E-state index in [9.17, 15) is 4.79 Å². The number of fused-ring (bicyclic) bond motifs is 3. The van der Waals surface area contributed by atoms with E-state index >= 15 is 0 Å². The normalized spacial score (nSPS) is 25.7. The Kier molecular flexibility index (Phi) is 3.57. The Morgan fingerprint density at radius 1 is 1.27 bits per heavy atom. The third kappa shape index (κ3) is 2.50. The number of hydrogen-bond donors (Lipinski definition) is 1. The molecule has 4 rings (SSSR count). The molecule has 2 aliphatic rings. The second-order valence-electron chi connectivity index (χ2n) is 7.19. The Labute approximate surface area is 134 Å². The smallest absolute Gasteiger partial charge is 0.259 e. The van der Waals surface area contributed by atoms with Gasteiger partial charge in [-0.3, -0.25) is 9.69 Å². The molecule has 1 aliphatic carbocycles. The first-order chi connectivity index (χ1) is 10.6. The maximum absolute atomic E-state index is 12.5. The standard InChI is InChI=1S/C17H23N3OS/c1-10-6-11(2)8-20(7-10)9-14-18-16(21)15-12-4-3-5-13(12)22-17(15)19-14/h10-11H,3-9H2,1-2H3,(H,18,19,21)/t10-,11+. The van der Waals surface area contributed by atoms with Crippen LogP contribution in [0, 0.1) is 11.8 Å². The molecule has 0 aromatic carbocycles. The Bertz CT molecular complexity index is 753. The first-order valence-electron chi connectivity index (χ1n) is 8.36. The SMILES string of the molecule is C[C@@H]1C[C@H](C)CN(Cc2nc3sc4c(c3c(=O)[nH]2)CCC4)C1. The number of thiophene rings is 1. The molecular formula is C17H23N3OS. The van der Waals surface area contributed by atoms with Crippen LogP contribution in [0.1, 0.15) is 43.0 Å². The van der Waals surface area contributed by atoms with Crippen molar-refractivity contribution in [2.75, 3.05) is 13.1 Å². The van der Waals surface area contributed by atoms with Crippen molar-refractivity contribution in [3.05, 3.63) is 26.6 Å². The average Bonchev–Trinajstić information content (AvgIpc) is 2.96. The molecule has 0 spiro atoms. The average molecular weight is 317 g/mol. The number of likely N-dealkylation sites (tertiary alicyclic amines) is 1. The van der Waals surface area contributed by atoms with Crippen molar-refractivity contribution >= 4 is 21.6 Å². The lowest BCUT2D eigenvalue weighted by molar-refractivity contribution is 0.131. The maximum atomic E-state index is 12.5. The number of aromatic nitrogens is 2. The zero-order valence-electron chi connectivity index (χ0n) is 13.3. The molecule has 0 unspecified atom stereocenters. The molecule has 0 amide bonds. The fraction of sp³-hybridized carbons (Fsp3) is 0.647. The summed E-state index contributed by atoms with van der Waals surface area (Å²) in [6, 6.07) is 0. The zero-order chi connectivity index (χ0) is 15.3. The molecule has 1 fully saturated rings. The van der Waals surface area contributed by atoms with Crippen molar-refractivity contribution < 1.29 is 0 Å². The van der Waals surface area contributed by atoms with Crippen molar-refractivity contribution in [1.29, 1.82) is 0 Å². The summed E-state index contributed by atoms with van der Waals surface area (Å²) in [5, 5.41) is 0.863. The van der Waals surface area contributed by atoms with Crippen LogP contribution in [0.3, 0.4) is 0 Å². The van der Waals surface area contributed by atoms with Gasteiger partial charge < -0.3 is 4.98 Å². The second-order valence-corrected chi connectivity index (χ2v) is 8.27. The molecular weight excluding hydrogens is 294 g/mol. The summed E-state index contributed by atoms with van der Waals surface area (Å²) in [4.78, 5) is 25.1. The van der Waals surface area contributed by atoms with Crippen molar-refractivity contribution in [3.63, 3.8) is 0 Å². The van der Waals surface area contributed by atoms with Gasteiger partial charge in [0.05, 0.1) is 11.9 Å². The number of piperidine rings is 1. The molecule has 0 radical (unpaired) electrons. The van der Waals surface area contributed by atoms with Gasteiger partial charge in [-0.15, -0.1) is 11.3 Å². The predicted molar refractivity (Wildman–Crippen MR) is 90.5 cm³/mol. The predicted octanol–water partition coefficient (Wildman–Crippen LogP) is 2.95. The van der Waals surface area contributed by atoms with Crippen LogP contribution >= 0.6 is 11.3 Å². The molecule has 22 heavy (non-hydrogen) atoms. The molecule has 0 saturated carbocycles. The van der Waals surface area contributed by atoms with Crippen LogP contribution in [0.5, 0.6) is 0 Å². The molecule has 5 heteroatoms. The molecule has 2 aromatic rings. The van der Waals surface area contributed by atoms with E-state index in [4.69, 9.17) is 4.98 Å². The summed E-state index contributed by atoms with van der Waals surface area (Å²) >= 11 is 1.73. The highest BCUT2D eigenvalue weighted by Crippen LogP contribution is 2.34. The van der Waals surface area contributed by atoms with Crippen LogP contribution in [-0.4, -0.2) is 28.0 Å². The number of hydrogen-bond acceptors (Lipinski definition) is 4. The molecule has 118 valence electrons. The summed E-state index contributed by atoms with van der Waals surface area (Å²) in [5.74, 6) is 2.29. The van der Waals surface area contributed by atoms with Gasteiger partial charge in [-0.2, -0.15) is 0 Å². The van der Waals surface area contributed by atoms with E-state index in [1.165, 1.54) is 23.3 Å². The number of H-pyrrole nitrogens is 1. The molecule has 0 bridgehead atoms. The van der Waals surface area contributed by atoms with E-state index in [0.29, 0.717) is 0 Å². The lowest BCUT2D eigenvalue weighted by atomic mass is 9.92. The van der Waals surface area contributed by atoms with Crippen LogP contribution in [0.2, 0.25) is 0 Å². The Morgan fingerprint density at radius 3 is 2.82 bits per heavy atom. The lowest BCUT2D eigenvalue weighted by Crippen LogP contribution is -2.38. The summed E-state index contributed by atoms with van der Waals surface area (Å²) in [6.45, 7) is 7.60. The van der Waals surface area contributed by atoms with E-state index in [2.05, 4.69) is 23.7 Å². The van der Waals surface area contributed by atoms with Gasteiger partial charge in [0, 0.05) is 18.0 Å². The van der Waals surface area contributed by atoms with Gasteiger partial charge in [-0.05, 0) is 43.1 Å². The Balaban J connectivity index is 1.64. The second kappa shape index (κ2) is 5.46. The quantitative estimate of drug-likeness (QED) is 0.926. The number of nitrogens with zero attached hydrogens (tertiary/aromatic N) is 2.